The molecule has 102 valence electrons. The number of halogens is 1. The third kappa shape index (κ3) is 3.98. The number of aliphatic hydroxyl groups is 1. The average molecular weight is 281 g/mol. The molecular weight excluding hydrogens is 264 g/mol. The maximum Gasteiger partial charge on any atom is 0.119 e. The van der Waals surface area contributed by atoms with Crippen molar-refractivity contribution < 1.29 is 9.84 Å². The smallest absolute Gasteiger partial charge is 0.119 e. The van der Waals surface area contributed by atoms with E-state index in [4.69, 9.17) is 16.3 Å². The first-order valence-electron chi connectivity index (χ1n) is 6.12. The Morgan fingerprint density at radius 1 is 1.32 bits per heavy atom. The van der Waals surface area contributed by atoms with E-state index in [1.54, 1.807) is 28.9 Å². The Morgan fingerprint density at radius 3 is 2.58 bits per heavy atom. The summed E-state index contributed by atoms with van der Waals surface area (Å²) < 4.78 is 7.27. The molecule has 0 spiro atoms. The molecule has 0 amide bonds. The number of aliphatic hydroxyl groups excluding tert-OH is 1. The molecule has 4 nitrogen and oxygen atoms in total. The zero-order valence-electron chi connectivity index (χ0n) is 11.0. The largest absolute Gasteiger partial charge is 0.491 e. The molecule has 0 aliphatic carbocycles. The molecule has 1 aromatic carbocycles. The van der Waals surface area contributed by atoms with Gasteiger partial charge >= 0.3 is 0 Å². The Morgan fingerprint density at radius 2 is 2.00 bits per heavy atom. The van der Waals surface area contributed by atoms with E-state index in [0.717, 1.165) is 11.4 Å². The Kier molecular flexibility index (Phi) is 4.45. The van der Waals surface area contributed by atoms with E-state index in [1.165, 1.54) is 0 Å². The van der Waals surface area contributed by atoms with Gasteiger partial charge in [0.2, 0.25) is 0 Å². The van der Waals surface area contributed by atoms with Gasteiger partial charge in [0.15, 0.2) is 0 Å². The quantitative estimate of drug-likeness (QED) is 0.916. The van der Waals surface area contributed by atoms with Gasteiger partial charge in [-0.05, 0) is 44.2 Å². The molecule has 1 aromatic heterocycles. The van der Waals surface area contributed by atoms with E-state index in [0.29, 0.717) is 17.3 Å². The van der Waals surface area contributed by atoms with Crippen LogP contribution in [0.2, 0.25) is 5.02 Å². The molecule has 0 unspecified atom stereocenters. The van der Waals surface area contributed by atoms with Crippen LogP contribution >= 0.6 is 11.6 Å². The van der Waals surface area contributed by atoms with Gasteiger partial charge in [-0.25, -0.2) is 0 Å². The summed E-state index contributed by atoms with van der Waals surface area (Å²) in [6.07, 6.45) is -0.603. The molecule has 2 rings (SSSR count). The van der Waals surface area contributed by atoms with Crippen LogP contribution in [-0.2, 0) is 6.54 Å². The highest BCUT2D eigenvalue weighted by molar-refractivity contribution is 6.30. The first kappa shape index (κ1) is 13.9. The molecule has 0 fully saturated rings. The van der Waals surface area contributed by atoms with Crippen LogP contribution in [-0.4, -0.2) is 27.6 Å². The van der Waals surface area contributed by atoms with Crippen molar-refractivity contribution in [1.29, 1.82) is 0 Å². The Balaban J connectivity index is 1.86. The number of nitrogens with zero attached hydrogens (tertiary/aromatic N) is 2. The number of aromatic nitrogens is 2. The fourth-order valence-electron chi connectivity index (χ4n) is 1.84. The lowest BCUT2D eigenvalue weighted by Gasteiger charge is -2.13. The number of ether oxygens (including phenoxy) is 1. The number of rotatable bonds is 5. The van der Waals surface area contributed by atoms with Crippen molar-refractivity contribution >= 4 is 11.6 Å². The van der Waals surface area contributed by atoms with E-state index in [2.05, 4.69) is 5.10 Å². The van der Waals surface area contributed by atoms with Gasteiger partial charge in [-0.15, -0.1) is 0 Å². The van der Waals surface area contributed by atoms with Crippen LogP contribution in [0.3, 0.4) is 0 Å². The molecule has 0 aliphatic rings. The maximum atomic E-state index is 9.94. The van der Waals surface area contributed by atoms with Crippen LogP contribution in [0.1, 0.15) is 11.4 Å². The monoisotopic (exact) mass is 280 g/mol. The summed E-state index contributed by atoms with van der Waals surface area (Å²) in [5.41, 5.74) is 1.98. The van der Waals surface area contributed by atoms with Crippen molar-refractivity contribution in [3.05, 3.63) is 46.7 Å². The summed E-state index contributed by atoms with van der Waals surface area (Å²) in [6, 6.07) is 9.04. The van der Waals surface area contributed by atoms with Crippen molar-refractivity contribution in [1.82, 2.24) is 9.78 Å². The molecule has 0 bridgehead atoms. The first-order valence-corrected chi connectivity index (χ1v) is 6.50. The normalized spacial score (nSPS) is 12.4. The lowest BCUT2D eigenvalue weighted by molar-refractivity contribution is 0.0887. The fourth-order valence-corrected chi connectivity index (χ4v) is 1.96. The number of hydrogen-bond donors (Lipinski definition) is 1. The SMILES string of the molecule is Cc1cc(C)n(C[C@H](O)COc2ccc(Cl)cc2)n1. The third-order valence-corrected chi connectivity index (χ3v) is 3.00. The van der Waals surface area contributed by atoms with Crippen LogP contribution in [0.15, 0.2) is 30.3 Å². The van der Waals surface area contributed by atoms with Crippen LogP contribution in [0, 0.1) is 13.8 Å². The van der Waals surface area contributed by atoms with Gasteiger partial charge in [0.1, 0.15) is 18.5 Å². The highest BCUT2D eigenvalue weighted by Gasteiger charge is 2.09. The van der Waals surface area contributed by atoms with Gasteiger partial charge in [0.05, 0.1) is 12.2 Å². The second-order valence-electron chi connectivity index (χ2n) is 4.53. The molecular formula is C14H17ClN2O2. The molecule has 19 heavy (non-hydrogen) atoms. The van der Waals surface area contributed by atoms with Crippen LogP contribution in [0.4, 0.5) is 0 Å². The molecule has 1 N–H and O–H groups in total. The van der Waals surface area contributed by atoms with Crippen molar-refractivity contribution in [3.8, 4) is 5.75 Å². The number of aryl methyl sites for hydroxylation is 2. The van der Waals surface area contributed by atoms with Crippen LogP contribution in [0.25, 0.3) is 0 Å². The van der Waals surface area contributed by atoms with Gasteiger partial charge in [-0.2, -0.15) is 5.10 Å². The Hall–Kier alpha value is -1.52. The molecule has 0 saturated heterocycles. The van der Waals surface area contributed by atoms with E-state index < -0.39 is 6.10 Å². The first-order chi connectivity index (χ1) is 9.04. The van der Waals surface area contributed by atoms with Gasteiger partial charge in [-0.1, -0.05) is 11.6 Å². The Labute approximate surface area is 117 Å². The maximum absolute atomic E-state index is 9.94. The average Bonchev–Trinajstić information content (AvgIpc) is 2.67. The fraction of sp³-hybridized carbons (Fsp3) is 0.357. The van der Waals surface area contributed by atoms with Crippen molar-refractivity contribution in [2.24, 2.45) is 0 Å². The molecule has 0 radical (unpaired) electrons. The highest BCUT2D eigenvalue weighted by Crippen LogP contribution is 2.15. The minimum atomic E-state index is -0.603. The lowest BCUT2D eigenvalue weighted by Crippen LogP contribution is -2.24. The van der Waals surface area contributed by atoms with Crippen molar-refractivity contribution in [2.75, 3.05) is 6.61 Å². The van der Waals surface area contributed by atoms with E-state index in [1.807, 2.05) is 19.9 Å². The predicted molar refractivity (Wildman–Crippen MR) is 74.7 cm³/mol. The van der Waals surface area contributed by atoms with Crippen molar-refractivity contribution in [2.45, 2.75) is 26.5 Å². The number of hydrogen-bond acceptors (Lipinski definition) is 3. The third-order valence-electron chi connectivity index (χ3n) is 2.74. The molecule has 0 saturated carbocycles. The van der Waals surface area contributed by atoms with Crippen LogP contribution in [0.5, 0.6) is 5.75 Å². The molecule has 1 heterocycles. The molecule has 5 heteroatoms. The Bertz CT molecular complexity index is 537. The second-order valence-corrected chi connectivity index (χ2v) is 4.96. The highest BCUT2D eigenvalue weighted by atomic mass is 35.5. The van der Waals surface area contributed by atoms with E-state index >= 15 is 0 Å². The van der Waals surface area contributed by atoms with Crippen molar-refractivity contribution in [3.63, 3.8) is 0 Å². The molecule has 1 atom stereocenters. The predicted octanol–water partition coefficient (Wildman–Crippen LogP) is 2.59. The zero-order chi connectivity index (χ0) is 13.8. The molecule has 2 aromatic rings. The molecule has 0 aliphatic heterocycles. The summed E-state index contributed by atoms with van der Waals surface area (Å²) in [4.78, 5) is 0. The van der Waals surface area contributed by atoms with E-state index in [9.17, 15) is 5.11 Å². The minimum Gasteiger partial charge on any atom is -0.491 e. The van der Waals surface area contributed by atoms with Gasteiger partial charge < -0.3 is 9.84 Å². The lowest BCUT2D eigenvalue weighted by atomic mass is 10.3. The second kappa shape index (κ2) is 6.08. The minimum absolute atomic E-state index is 0.222. The standard InChI is InChI=1S/C14H17ClN2O2/c1-10-7-11(2)17(16-10)8-13(18)9-19-14-5-3-12(15)4-6-14/h3-7,13,18H,8-9H2,1-2H3/t13-/m0/s1. The van der Waals surface area contributed by atoms with E-state index in [-0.39, 0.29) is 6.61 Å². The van der Waals surface area contributed by atoms with Gasteiger partial charge in [-0.3, -0.25) is 4.68 Å². The summed E-state index contributed by atoms with van der Waals surface area (Å²) in [5.74, 6) is 0.691. The zero-order valence-corrected chi connectivity index (χ0v) is 11.8. The van der Waals surface area contributed by atoms with Gasteiger partial charge in [0, 0.05) is 10.7 Å². The summed E-state index contributed by atoms with van der Waals surface area (Å²) >= 11 is 5.78. The van der Waals surface area contributed by atoms with Crippen LogP contribution < -0.4 is 4.74 Å². The van der Waals surface area contributed by atoms with Gasteiger partial charge in [0.25, 0.3) is 0 Å². The summed E-state index contributed by atoms with van der Waals surface area (Å²) in [5, 5.41) is 14.9. The summed E-state index contributed by atoms with van der Waals surface area (Å²) in [7, 11) is 0. The summed E-state index contributed by atoms with van der Waals surface area (Å²) in [6.45, 7) is 4.54. The number of benzene rings is 1. The topological polar surface area (TPSA) is 47.3 Å².